The van der Waals surface area contributed by atoms with Gasteiger partial charge >= 0.3 is 12.1 Å². The Kier molecular flexibility index (Phi) is 8.28. The Morgan fingerprint density at radius 1 is 1.05 bits per heavy atom. The molecule has 0 unspecified atom stereocenters. The van der Waals surface area contributed by atoms with Crippen molar-refractivity contribution >= 4 is 5.97 Å². The third kappa shape index (κ3) is 5.10. The van der Waals surface area contributed by atoms with Gasteiger partial charge in [0, 0.05) is 44.1 Å². The van der Waals surface area contributed by atoms with E-state index in [4.69, 9.17) is 18.9 Å². The van der Waals surface area contributed by atoms with E-state index < -0.39 is 23.9 Å². The van der Waals surface area contributed by atoms with Crippen molar-refractivity contribution in [2.75, 3.05) is 34.4 Å². The van der Waals surface area contributed by atoms with E-state index in [2.05, 4.69) is 18.7 Å². The van der Waals surface area contributed by atoms with E-state index >= 15 is 0 Å². The molecule has 2 aliphatic heterocycles. The van der Waals surface area contributed by atoms with Gasteiger partial charge in [0.05, 0.1) is 14.2 Å². The molecule has 208 valence electrons. The maximum atomic E-state index is 14.5. The molecule has 0 saturated carbocycles. The molecule has 2 aliphatic rings. The van der Waals surface area contributed by atoms with Gasteiger partial charge in [-0.05, 0) is 42.0 Å². The number of nitrogens with zero attached hydrogens (tertiary/aromatic N) is 1. The first kappa shape index (κ1) is 28.2. The van der Waals surface area contributed by atoms with Gasteiger partial charge in [0.15, 0.2) is 11.5 Å². The lowest BCUT2D eigenvalue weighted by atomic mass is 9.79. The zero-order chi connectivity index (χ0) is 27.7. The van der Waals surface area contributed by atoms with Crippen LogP contribution in [0, 0.1) is 11.8 Å². The number of piperidine rings is 1. The Bertz CT molecular complexity index is 1120. The van der Waals surface area contributed by atoms with E-state index in [0.717, 1.165) is 37.6 Å². The van der Waals surface area contributed by atoms with Gasteiger partial charge in [-0.15, -0.1) is 0 Å². The Balaban J connectivity index is 1.70. The van der Waals surface area contributed by atoms with Crippen molar-refractivity contribution in [3.05, 3.63) is 59.2 Å². The fourth-order valence-electron chi connectivity index (χ4n) is 5.99. The topological polar surface area (TPSA) is 57.2 Å². The number of carbonyl (C=O) groups excluding carboxylic acids is 1. The molecule has 0 amide bonds. The van der Waals surface area contributed by atoms with Crippen LogP contribution in [0.15, 0.2) is 42.5 Å². The summed E-state index contributed by atoms with van der Waals surface area (Å²) in [6.07, 6.45) is -3.82. The van der Waals surface area contributed by atoms with Crippen LogP contribution < -0.4 is 9.47 Å². The summed E-state index contributed by atoms with van der Waals surface area (Å²) in [6, 6.07) is 10.7. The quantitative estimate of drug-likeness (QED) is 0.405. The molecule has 2 aromatic carbocycles. The van der Waals surface area contributed by atoms with Crippen molar-refractivity contribution in [1.29, 1.82) is 0 Å². The first-order chi connectivity index (χ1) is 18.0. The second-order valence-corrected chi connectivity index (χ2v) is 10.5. The molecule has 2 heterocycles. The third-order valence-corrected chi connectivity index (χ3v) is 7.77. The number of esters is 1. The van der Waals surface area contributed by atoms with E-state index in [1.165, 1.54) is 24.3 Å². The van der Waals surface area contributed by atoms with E-state index in [9.17, 15) is 18.0 Å². The van der Waals surface area contributed by atoms with Gasteiger partial charge in [-0.3, -0.25) is 4.90 Å². The summed E-state index contributed by atoms with van der Waals surface area (Å²) in [7, 11) is 4.05. The highest BCUT2D eigenvalue weighted by Gasteiger charge is 2.64. The van der Waals surface area contributed by atoms with Gasteiger partial charge in [-0.25, -0.2) is 4.79 Å². The SMILES string of the molecule is COc1cc2c(cc1OC)[C@H]1C[C@@H](OC(=O)[C@](OC)(c3ccccc3)C(F)(F)F)[C@@H](CC(C)C)CN1CC2. The first-order valence-electron chi connectivity index (χ1n) is 12.9. The number of alkyl halides is 3. The van der Waals surface area contributed by atoms with Gasteiger partial charge in [0.1, 0.15) is 6.10 Å². The molecule has 0 bridgehead atoms. The van der Waals surface area contributed by atoms with Crippen molar-refractivity contribution in [3.63, 3.8) is 0 Å². The highest BCUT2D eigenvalue weighted by molar-refractivity contribution is 5.83. The van der Waals surface area contributed by atoms with Gasteiger partial charge in [0.2, 0.25) is 0 Å². The molecule has 38 heavy (non-hydrogen) atoms. The predicted molar refractivity (Wildman–Crippen MR) is 136 cm³/mol. The second kappa shape index (κ2) is 11.1. The molecule has 1 saturated heterocycles. The lowest BCUT2D eigenvalue weighted by Crippen LogP contribution is -2.55. The zero-order valence-electron chi connectivity index (χ0n) is 22.5. The normalized spacial score (nSPS) is 23.2. The van der Waals surface area contributed by atoms with Crippen molar-refractivity contribution in [3.8, 4) is 11.5 Å². The van der Waals surface area contributed by atoms with Crippen molar-refractivity contribution < 1.29 is 36.9 Å². The van der Waals surface area contributed by atoms with Crippen molar-refractivity contribution in [2.45, 2.75) is 57.0 Å². The summed E-state index contributed by atoms with van der Waals surface area (Å²) >= 11 is 0. The maximum absolute atomic E-state index is 14.5. The van der Waals surface area contributed by atoms with Gasteiger partial charge in [-0.1, -0.05) is 44.2 Å². The average molecular weight is 536 g/mol. The predicted octanol–water partition coefficient (Wildman–Crippen LogP) is 5.69. The van der Waals surface area contributed by atoms with E-state index in [-0.39, 0.29) is 23.4 Å². The van der Waals surface area contributed by atoms with Crippen molar-refractivity contribution in [2.24, 2.45) is 11.8 Å². The number of halogens is 3. The molecular formula is C29H36F3NO5. The molecule has 0 spiro atoms. The van der Waals surface area contributed by atoms with Crippen LogP contribution >= 0.6 is 0 Å². The Hall–Kier alpha value is -2.78. The average Bonchev–Trinajstić information content (AvgIpc) is 2.88. The summed E-state index contributed by atoms with van der Waals surface area (Å²) in [5.41, 5.74) is -1.40. The number of benzene rings is 2. The summed E-state index contributed by atoms with van der Waals surface area (Å²) in [4.78, 5) is 15.9. The molecular weight excluding hydrogens is 499 g/mol. The maximum Gasteiger partial charge on any atom is 0.432 e. The van der Waals surface area contributed by atoms with Crippen LogP contribution in [0.4, 0.5) is 13.2 Å². The molecule has 1 fully saturated rings. The molecule has 0 aliphatic carbocycles. The molecule has 4 atom stereocenters. The monoisotopic (exact) mass is 535 g/mol. The number of hydrogen-bond acceptors (Lipinski definition) is 6. The number of rotatable bonds is 8. The van der Waals surface area contributed by atoms with Gasteiger partial charge in [0.25, 0.3) is 5.60 Å². The minimum Gasteiger partial charge on any atom is -0.493 e. The number of carbonyl (C=O) groups is 1. The smallest absolute Gasteiger partial charge is 0.432 e. The van der Waals surface area contributed by atoms with Gasteiger partial charge < -0.3 is 18.9 Å². The van der Waals surface area contributed by atoms with Crippen LogP contribution in [-0.2, 0) is 26.3 Å². The summed E-state index contributed by atoms with van der Waals surface area (Å²) in [5.74, 6) is -0.0487. The summed E-state index contributed by atoms with van der Waals surface area (Å²) in [5, 5.41) is 0. The van der Waals surface area contributed by atoms with Crippen LogP contribution in [0.2, 0.25) is 0 Å². The molecule has 4 rings (SSSR count). The number of hydrogen-bond donors (Lipinski definition) is 0. The van der Waals surface area contributed by atoms with E-state index in [0.29, 0.717) is 24.5 Å². The molecule has 2 aromatic rings. The largest absolute Gasteiger partial charge is 0.493 e. The van der Waals surface area contributed by atoms with Crippen LogP contribution in [-0.4, -0.2) is 57.6 Å². The molecule has 6 nitrogen and oxygen atoms in total. The van der Waals surface area contributed by atoms with Crippen LogP contribution in [0.5, 0.6) is 11.5 Å². The number of methoxy groups -OCH3 is 3. The van der Waals surface area contributed by atoms with Crippen LogP contribution in [0.1, 0.15) is 49.4 Å². The lowest BCUT2D eigenvalue weighted by Gasteiger charge is -2.47. The van der Waals surface area contributed by atoms with E-state index in [1.807, 2.05) is 12.1 Å². The Labute approximate surface area is 222 Å². The standard InChI is InChI=1S/C29H36F3NO5/c1-18(2)13-20-17-33-12-11-19-14-25(35-3)26(36-4)15-22(19)23(33)16-24(20)38-27(34)28(37-5,29(30,31)32)21-9-7-6-8-10-21/h6-10,14-15,18,20,23-24H,11-13,16-17H2,1-5H3/t20-,23+,24+,28+/m0/s1. The number of fused-ring (bicyclic) bond motifs is 3. The Morgan fingerprint density at radius 2 is 1.71 bits per heavy atom. The highest BCUT2D eigenvalue weighted by atomic mass is 19.4. The fraction of sp³-hybridized carbons (Fsp3) is 0.552. The van der Waals surface area contributed by atoms with Crippen LogP contribution in [0.3, 0.4) is 0 Å². The summed E-state index contributed by atoms with van der Waals surface area (Å²) < 4.78 is 65.4. The fourth-order valence-corrected chi connectivity index (χ4v) is 5.99. The first-order valence-corrected chi connectivity index (χ1v) is 12.9. The second-order valence-electron chi connectivity index (χ2n) is 10.5. The molecule has 0 aromatic heterocycles. The highest BCUT2D eigenvalue weighted by Crippen LogP contribution is 2.47. The minimum atomic E-state index is -5.02. The minimum absolute atomic E-state index is 0.115. The molecule has 0 radical (unpaired) electrons. The van der Waals surface area contributed by atoms with Crippen molar-refractivity contribution in [1.82, 2.24) is 4.90 Å². The molecule has 9 heteroatoms. The molecule has 0 N–H and O–H groups in total. The third-order valence-electron chi connectivity index (χ3n) is 7.77. The lowest BCUT2D eigenvalue weighted by molar-refractivity contribution is -0.280. The van der Waals surface area contributed by atoms with E-state index in [1.54, 1.807) is 20.3 Å². The summed E-state index contributed by atoms with van der Waals surface area (Å²) in [6.45, 7) is 5.54. The number of ether oxygens (including phenoxy) is 4. The van der Waals surface area contributed by atoms with Crippen LogP contribution in [0.25, 0.3) is 0 Å². The Morgan fingerprint density at radius 3 is 2.29 bits per heavy atom. The zero-order valence-corrected chi connectivity index (χ0v) is 22.5. The van der Waals surface area contributed by atoms with Gasteiger partial charge in [-0.2, -0.15) is 13.2 Å².